The molecule has 1 fully saturated rings. The van der Waals surface area contributed by atoms with Gasteiger partial charge in [-0.15, -0.1) is 0 Å². The summed E-state index contributed by atoms with van der Waals surface area (Å²) < 4.78 is 0. The van der Waals surface area contributed by atoms with Crippen molar-refractivity contribution in [3.05, 3.63) is 53.9 Å². The molecule has 0 saturated heterocycles. The zero-order valence-corrected chi connectivity index (χ0v) is 21.8. The third-order valence-corrected chi connectivity index (χ3v) is 8.26. The lowest BCUT2D eigenvalue weighted by atomic mass is 9.72. The summed E-state index contributed by atoms with van der Waals surface area (Å²) in [6, 6.07) is 11.4. The molecule has 1 aromatic carbocycles. The highest BCUT2D eigenvalue weighted by atomic mass is 14.6. The summed E-state index contributed by atoms with van der Waals surface area (Å²) in [6.45, 7) is 7.08. The monoisotopic (exact) mass is 447 g/mol. The number of rotatable bonds is 14. The van der Waals surface area contributed by atoms with Gasteiger partial charge < -0.3 is 0 Å². The molecule has 1 unspecified atom stereocenters. The molecule has 182 valence electrons. The summed E-state index contributed by atoms with van der Waals surface area (Å²) in [7, 11) is 0. The predicted molar refractivity (Wildman–Crippen MR) is 145 cm³/mol. The second-order valence-electron chi connectivity index (χ2n) is 10.7. The van der Waals surface area contributed by atoms with Gasteiger partial charge in [-0.2, -0.15) is 0 Å². The topological polar surface area (TPSA) is 12.9 Å². The maximum Gasteiger partial charge on any atom is 0.0308 e. The molecule has 2 aromatic rings. The lowest BCUT2D eigenvalue weighted by molar-refractivity contribution is 0.236. The van der Waals surface area contributed by atoms with Crippen LogP contribution in [0, 0.1) is 11.8 Å². The van der Waals surface area contributed by atoms with Crippen molar-refractivity contribution < 1.29 is 0 Å². The van der Waals surface area contributed by atoms with Crippen LogP contribution in [-0.2, 0) is 6.42 Å². The van der Waals surface area contributed by atoms with Crippen molar-refractivity contribution >= 4 is 0 Å². The van der Waals surface area contributed by atoms with E-state index in [1.807, 2.05) is 6.20 Å². The fourth-order valence-corrected chi connectivity index (χ4v) is 6.03. The molecular formula is C32H49N. The van der Waals surface area contributed by atoms with Gasteiger partial charge in [0, 0.05) is 12.4 Å². The van der Waals surface area contributed by atoms with Gasteiger partial charge in [-0.3, -0.25) is 4.98 Å². The molecule has 1 aliphatic carbocycles. The van der Waals surface area contributed by atoms with Crippen molar-refractivity contribution in [2.45, 2.75) is 123 Å². The van der Waals surface area contributed by atoms with E-state index in [-0.39, 0.29) is 0 Å². The third-order valence-electron chi connectivity index (χ3n) is 8.26. The van der Waals surface area contributed by atoms with Gasteiger partial charge in [-0.05, 0) is 71.8 Å². The van der Waals surface area contributed by atoms with Gasteiger partial charge in [-0.1, -0.05) is 116 Å². The van der Waals surface area contributed by atoms with Crippen LogP contribution in [0.25, 0.3) is 11.1 Å². The molecule has 0 N–H and O–H groups in total. The Morgan fingerprint density at radius 1 is 0.788 bits per heavy atom. The van der Waals surface area contributed by atoms with E-state index in [9.17, 15) is 0 Å². The van der Waals surface area contributed by atoms with Crippen molar-refractivity contribution in [1.82, 2.24) is 4.98 Å². The Morgan fingerprint density at radius 2 is 1.48 bits per heavy atom. The van der Waals surface area contributed by atoms with E-state index in [1.54, 1.807) is 0 Å². The Hall–Kier alpha value is -1.63. The molecule has 1 nitrogen and oxygen atoms in total. The van der Waals surface area contributed by atoms with Crippen molar-refractivity contribution in [3.8, 4) is 11.1 Å². The Balaban J connectivity index is 1.65. The molecule has 3 rings (SSSR count). The normalized spacial score (nSPS) is 19.5. The summed E-state index contributed by atoms with van der Waals surface area (Å²) in [5.41, 5.74) is 5.88. The molecule has 1 heteroatoms. The zero-order valence-electron chi connectivity index (χ0n) is 21.8. The van der Waals surface area contributed by atoms with Gasteiger partial charge in [0.2, 0.25) is 0 Å². The van der Waals surface area contributed by atoms with Crippen LogP contribution in [0.4, 0.5) is 0 Å². The molecule has 0 amide bonds. The molecule has 1 aliphatic rings. The van der Waals surface area contributed by atoms with E-state index < -0.39 is 0 Å². The highest BCUT2D eigenvalue weighted by Crippen LogP contribution is 2.42. The summed E-state index contributed by atoms with van der Waals surface area (Å²) >= 11 is 0. The minimum absolute atomic E-state index is 0.590. The summed E-state index contributed by atoms with van der Waals surface area (Å²) in [6.07, 6.45) is 24.8. The predicted octanol–water partition coefficient (Wildman–Crippen LogP) is 10.1. The number of nitrogens with zero attached hydrogens (tertiary/aromatic N) is 1. The summed E-state index contributed by atoms with van der Waals surface area (Å²) in [4.78, 5) is 4.59. The third kappa shape index (κ3) is 7.97. The van der Waals surface area contributed by atoms with E-state index in [0.717, 1.165) is 11.8 Å². The van der Waals surface area contributed by atoms with Gasteiger partial charge in [0.05, 0.1) is 0 Å². The largest absolute Gasteiger partial charge is 0.264 e. The molecule has 0 radical (unpaired) electrons. The lowest BCUT2D eigenvalue weighted by Gasteiger charge is -2.33. The smallest absolute Gasteiger partial charge is 0.0308 e. The Morgan fingerprint density at radius 3 is 2.27 bits per heavy atom. The maximum absolute atomic E-state index is 4.59. The van der Waals surface area contributed by atoms with Crippen LogP contribution in [0.1, 0.15) is 128 Å². The fraction of sp³-hybridized carbons (Fsp3) is 0.656. The van der Waals surface area contributed by atoms with Crippen molar-refractivity contribution in [2.24, 2.45) is 11.8 Å². The van der Waals surface area contributed by atoms with Gasteiger partial charge in [-0.25, -0.2) is 0 Å². The first kappa shape index (κ1) is 26.0. The van der Waals surface area contributed by atoms with E-state index in [0.29, 0.717) is 5.92 Å². The van der Waals surface area contributed by atoms with Crippen molar-refractivity contribution in [3.63, 3.8) is 0 Å². The van der Waals surface area contributed by atoms with Crippen LogP contribution in [0.3, 0.4) is 0 Å². The van der Waals surface area contributed by atoms with E-state index in [2.05, 4.69) is 62.3 Å². The first-order valence-corrected chi connectivity index (χ1v) is 14.3. The highest BCUT2D eigenvalue weighted by molar-refractivity contribution is 5.71. The number of hydrogen-bond acceptors (Lipinski definition) is 1. The average Bonchev–Trinajstić information content (AvgIpc) is 2.86. The van der Waals surface area contributed by atoms with Gasteiger partial charge >= 0.3 is 0 Å². The van der Waals surface area contributed by atoms with Gasteiger partial charge in [0.1, 0.15) is 0 Å². The molecule has 0 spiro atoms. The van der Waals surface area contributed by atoms with Crippen LogP contribution >= 0.6 is 0 Å². The molecule has 1 heterocycles. The molecular weight excluding hydrogens is 398 g/mol. The van der Waals surface area contributed by atoms with Crippen molar-refractivity contribution in [1.29, 1.82) is 0 Å². The highest BCUT2D eigenvalue weighted by Gasteiger charge is 2.27. The van der Waals surface area contributed by atoms with Crippen LogP contribution in [0.15, 0.2) is 42.7 Å². The zero-order chi connectivity index (χ0) is 23.3. The van der Waals surface area contributed by atoms with Crippen LogP contribution in [0.5, 0.6) is 0 Å². The number of aryl methyl sites for hydroxylation is 1. The molecule has 1 saturated carbocycles. The SMILES string of the molecule is CCCCCCCCc1ccccc1-c1ccncc1C(C)C1CCC(CCCCC)CC1. The standard InChI is InChI=1S/C32H49N/c1-4-6-8-9-10-12-16-29-17-13-14-18-30(29)31-23-24-33-25-32(31)26(3)28-21-19-27(20-22-28)15-11-7-5-2/h13-14,17-18,23-28H,4-12,15-16,19-22H2,1-3H3. The van der Waals surface area contributed by atoms with Crippen LogP contribution < -0.4 is 0 Å². The molecule has 1 aromatic heterocycles. The quantitative estimate of drug-likeness (QED) is 0.262. The van der Waals surface area contributed by atoms with Crippen molar-refractivity contribution in [2.75, 3.05) is 0 Å². The maximum atomic E-state index is 4.59. The first-order valence-electron chi connectivity index (χ1n) is 14.3. The van der Waals surface area contributed by atoms with Crippen LogP contribution in [-0.4, -0.2) is 4.98 Å². The Labute approximate surface area is 204 Å². The second kappa shape index (κ2) is 14.6. The number of hydrogen-bond donors (Lipinski definition) is 0. The number of aromatic nitrogens is 1. The van der Waals surface area contributed by atoms with E-state index >= 15 is 0 Å². The summed E-state index contributed by atoms with van der Waals surface area (Å²) in [5.74, 6) is 2.37. The van der Waals surface area contributed by atoms with Gasteiger partial charge in [0.25, 0.3) is 0 Å². The molecule has 0 aliphatic heterocycles. The van der Waals surface area contributed by atoms with Crippen LogP contribution in [0.2, 0.25) is 0 Å². The number of benzene rings is 1. The Kier molecular flexibility index (Phi) is 11.5. The minimum Gasteiger partial charge on any atom is -0.264 e. The molecule has 33 heavy (non-hydrogen) atoms. The molecule has 1 atom stereocenters. The average molecular weight is 448 g/mol. The Bertz CT molecular complexity index is 787. The van der Waals surface area contributed by atoms with Gasteiger partial charge in [0.15, 0.2) is 0 Å². The number of pyridine rings is 1. The first-order chi connectivity index (χ1) is 16.2. The van der Waals surface area contributed by atoms with E-state index in [4.69, 9.17) is 0 Å². The lowest BCUT2D eigenvalue weighted by Crippen LogP contribution is -2.19. The molecule has 0 bridgehead atoms. The second-order valence-corrected chi connectivity index (χ2v) is 10.7. The minimum atomic E-state index is 0.590. The summed E-state index contributed by atoms with van der Waals surface area (Å²) in [5, 5.41) is 0. The fourth-order valence-electron chi connectivity index (χ4n) is 6.03. The number of unbranched alkanes of at least 4 members (excludes halogenated alkanes) is 7. The van der Waals surface area contributed by atoms with E-state index in [1.165, 1.54) is 119 Å².